The summed E-state index contributed by atoms with van der Waals surface area (Å²) in [5.41, 5.74) is 0. The van der Waals surface area contributed by atoms with Crippen molar-refractivity contribution in [2.24, 2.45) is 5.92 Å². The lowest BCUT2D eigenvalue weighted by Gasteiger charge is -2.15. The lowest BCUT2D eigenvalue weighted by molar-refractivity contribution is 0.282. The lowest BCUT2D eigenvalue weighted by Crippen LogP contribution is -2.31. The van der Waals surface area contributed by atoms with Crippen LogP contribution >= 0.6 is 0 Å². The molecular formula is C12H25NO. The summed E-state index contributed by atoms with van der Waals surface area (Å²) in [7, 11) is 0. The Bertz CT molecular complexity index is 134. The summed E-state index contributed by atoms with van der Waals surface area (Å²) in [6.07, 6.45) is 8.84. The topological polar surface area (TPSA) is 32.3 Å². The summed E-state index contributed by atoms with van der Waals surface area (Å²) in [5, 5.41) is 12.3. The van der Waals surface area contributed by atoms with Gasteiger partial charge >= 0.3 is 0 Å². The maximum absolute atomic E-state index is 8.61. The van der Waals surface area contributed by atoms with Gasteiger partial charge in [0.1, 0.15) is 0 Å². The molecule has 0 aliphatic heterocycles. The standard InChI is InChI=1S/C12H25NO/c1-2-12(11-7-8-11)13-9-5-3-4-6-10-14/h11-14H,2-10H2,1H3. The molecule has 0 bridgehead atoms. The van der Waals surface area contributed by atoms with Crippen molar-refractivity contribution in [2.75, 3.05) is 13.2 Å². The summed E-state index contributed by atoms with van der Waals surface area (Å²) in [6, 6.07) is 0.785. The molecular weight excluding hydrogens is 174 g/mol. The van der Waals surface area contributed by atoms with E-state index < -0.39 is 0 Å². The minimum atomic E-state index is 0.354. The van der Waals surface area contributed by atoms with Crippen LogP contribution in [0.5, 0.6) is 0 Å². The Morgan fingerprint density at radius 3 is 2.50 bits per heavy atom. The smallest absolute Gasteiger partial charge is 0.0431 e. The van der Waals surface area contributed by atoms with Gasteiger partial charge < -0.3 is 10.4 Å². The Labute approximate surface area is 88.1 Å². The highest BCUT2D eigenvalue weighted by Crippen LogP contribution is 2.33. The van der Waals surface area contributed by atoms with Crippen LogP contribution in [0.4, 0.5) is 0 Å². The number of nitrogens with one attached hydrogen (secondary N) is 1. The molecule has 1 fully saturated rings. The van der Waals surface area contributed by atoms with Gasteiger partial charge in [-0.1, -0.05) is 19.8 Å². The largest absolute Gasteiger partial charge is 0.396 e. The van der Waals surface area contributed by atoms with Crippen molar-refractivity contribution in [1.29, 1.82) is 0 Å². The monoisotopic (exact) mass is 199 g/mol. The summed E-state index contributed by atoms with van der Waals surface area (Å²) in [4.78, 5) is 0. The highest BCUT2D eigenvalue weighted by Gasteiger charge is 2.28. The lowest BCUT2D eigenvalue weighted by atomic mass is 10.1. The first-order valence-corrected chi connectivity index (χ1v) is 6.22. The third-order valence-corrected chi connectivity index (χ3v) is 3.12. The maximum Gasteiger partial charge on any atom is 0.0431 e. The first kappa shape index (κ1) is 12.0. The molecule has 0 aromatic heterocycles. The number of rotatable bonds is 9. The van der Waals surface area contributed by atoms with Gasteiger partial charge in [-0.2, -0.15) is 0 Å². The van der Waals surface area contributed by atoms with Crippen LogP contribution in [0.3, 0.4) is 0 Å². The summed E-state index contributed by atoms with van der Waals surface area (Å²) in [6.45, 7) is 3.80. The minimum absolute atomic E-state index is 0.354. The third-order valence-electron chi connectivity index (χ3n) is 3.12. The van der Waals surface area contributed by atoms with E-state index in [1.807, 2.05) is 0 Å². The fourth-order valence-corrected chi connectivity index (χ4v) is 2.02. The second-order valence-electron chi connectivity index (χ2n) is 4.44. The van der Waals surface area contributed by atoms with Crippen molar-refractivity contribution in [1.82, 2.24) is 5.32 Å². The molecule has 2 nitrogen and oxygen atoms in total. The van der Waals surface area contributed by atoms with Crippen molar-refractivity contribution >= 4 is 0 Å². The third kappa shape index (κ3) is 4.97. The number of aliphatic hydroxyl groups excluding tert-OH is 1. The Morgan fingerprint density at radius 2 is 1.93 bits per heavy atom. The van der Waals surface area contributed by atoms with Crippen LogP contribution in [-0.4, -0.2) is 24.3 Å². The second kappa shape index (κ2) is 7.24. The molecule has 1 aliphatic rings. The molecule has 0 aromatic carbocycles. The van der Waals surface area contributed by atoms with E-state index in [0.29, 0.717) is 6.61 Å². The van der Waals surface area contributed by atoms with Crippen molar-refractivity contribution in [3.63, 3.8) is 0 Å². The fourth-order valence-electron chi connectivity index (χ4n) is 2.02. The van der Waals surface area contributed by atoms with Gasteiger partial charge in [-0.15, -0.1) is 0 Å². The Kier molecular flexibility index (Phi) is 6.20. The highest BCUT2D eigenvalue weighted by molar-refractivity contribution is 4.85. The average Bonchev–Trinajstić information content (AvgIpc) is 3.01. The SMILES string of the molecule is CCC(NCCCCCCO)C1CC1. The van der Waals surface area contributed by atoms with Crippen molar-refractivity contribution in [3.8, 4) is 0 Å². The predicted molar refractivity (Wildman–Crippen MR) is 60.4 cm³/mol. The number of hydrogen-bond donors (Lipinski definition) is 2. The minimum Gasteiger partial charge on any atom is -0.396 e. The van der Waals surface area contributed by atoms with Gasteiger partial charge in [0.05, 0.1) is 0 Å². The van der Waals surface area contributed by atoms with Crippen LogP contribution < -0.4 is 5.32 Å². The highest BCUT2D eigenvalue weighted by atomic mass is 16.2. The van der Waals surface area contributed by atoms with Gasteiger partial charge in [-0.05, 0) is 44.6 Å². The summed E-state index contributed by atoms with van der Waals surface area (Å²) in [5.74, 6) is 0.984. The summed E-state index contributed by atoms with van der Waals surface area (Å²) < 4.78 is 0. The summed E-state index contributed by atoms with van der Waals surface area (Å²) >= 11 is 0. The number of hydrogen-bond acceptors (Lipinski definition) is 2. The van der Waals surface area contributed by atoms with Crippen LogP contribution in [-0.2, 0) is 0 Å². The first-order valence-electron chi connectivity index (χ1n) is 6.22. The molecule has 84 valence electrons. The van der Waals surface area contributed by atoms with Crippen molar-refractivity contribution in [2.45, 2.75) is 57.9 Å². The van der Waals surface area contributed by atoms with E-state index in [-0.39, 0.29) is 0 Å². The number of unbranched alkanes of at least 4 members (excludes halogenated alkanes) is 3. The molecule has 1 unspecified atom stereocenters. The quantitative estimate of drug-likeness (QED) is 0.559. The zero-order valence-corrected chi connectivity index (χ0v) is 9.47. The molecule has 2 heteroatoms. The van der Waals surface area contributed by atoms with Gasteiger partial charge in [-0.3, -0.25) is 0 Å². The van der Waals surface area contributed by atoms with E-state index in [1.54, 1.807) is 0 Å². The van der Waals surface area contributed by atoms with Gasteiger partial charge in [0.2, 0.25) is 0 Å². The van der Waals surface area contributed by atoms with Crippen molar-refractivity contribution < 1.29 is 5.11 Å². The van der Waals surface area contributed by atoms with Gasteiger partial charge in [0, 0.05) is 12.6 Å². The predicted octanol–water partition coefficient (Wildman–Crippen LogP) is 2.32. The zero-order valence-electron chi connectivity index (χ0n) is 9.47. The molecule has 2 N–H and O–H groups in total. The Balaban J connectivity index is 1.86. The van der Waals surface area contributed by atoms with Crippen LogP contribution in [0.15, 0.2) is 0 Å². The van der Waals surface area contributed by atoms with E-state index in [1.165, 1.54) is 45.1 Å². The maximum atomic E-state index is 8.61. The average molecular weight is 199 g/mol. The van der Waals surface area contributed by atoms with E-state index in [4.69, 9.17) is 5.11 Å². The molecule has 1 rings (SSSR count). The molecule has 0 amide bonds. The molecule has 0 spiro atoms. The van der Waals surface area contributed by atoms with Gasteiger partial charge in [-0.25, -0.2) is 0 Å². The molecule has 0 heterocycles. The molecule has 0 saturated heterocycles. The molecule has 14 heavy (non-hydrogen) atoms. The van der Waals surface area contributed by atoms with Crippen LogP contribution in [0.25, 0.3) is 0 Å². The van der Waals surface area contributed by atoms with E-state index in [0.717, 1.165) is 18.4 Å². The number of aliphatic hydroxyl groups is 1. The molecule has 0 radical (unpaired) electrons. The Morgan fingerprint density at radius 1 is 1.21 bits per heavy atom. The molecule has 1 aliphatic carbocycles. The van der Waals surface area contributed by atoms with Gasteiger partial charge in [0.15, 0.2) is 0 Å². The first-order chi connectivity index (χ1) is 6.88. The van der Waals surface area contributed by atoms with E-state index in [2.05, 4.69) is 12.2 Å². The second-order valence-corrected chi connectivity index (χ2v) is 4.44. The van der Waals surface area contributed by atoms with E-state index in [9.17, 15) is 0 Å². The van der Waals surface area contributed by atoms with Crippen LogP contribution in [0, 0.1) is 5.92 Å². The zero-order chi connectivity index (χ0) is 10.2. The Hall–Kier alpha value is -0.0800. The van der Waals surface area contributed by atoms with Crippen LogP contribution in [0.2, 0.25) is 0 Å². The normalized spacial score (nSPS) is 18.4. The van der Waals surface area contributed by atoms with Gasteiger partial charge in [0.25, 0.3) is 0 Å². The molecule has 1 saturated carbocycles. The fraction of sp³-hybridized carbons (Fsp3) is 1.00. The molecule has 0 aromatic rings. The van der Waals surface area contributed by atoms with E-state index >= 15 is 0 Å². The molecule has 1 atom stereocenters. The van der Waals surface area contributed by atoms with Crippen molar-refractivity contribution in [3.05, 3.63) is 0 Å². The van der Waals surface area contributed by atoms with Crippen LogP contribution in [0.1, 0.15) is 51.9 Å².